The number of aliphatic carboxylic acids is 1. The Morgan fingerprint density at radius 3 is 2.21 bits per heavy atom. The topological polar surface area (TPSA) is 99.4 Å². The average molecular weight is 378 g/mol. The van der Waals surface area contributed by atoms with Crippen molar-refractivity contribution in [3.05, 3.63) is 59.7 Å². The number of nitrogens with one attached hydrogen (secondary N) is 1. The minimum Gasteiger partial charge on any atom is -0.480 e. The third kappa shape index (κ3) is 3.84. The lowest BCUT2D eigenvalue weighted by atomic mass is 9.94. The highest BCUT2D eigenvalue weighted by Gasteiger charge is 2.31. The Labute approximate surface area is 163 Å². The fourth-order valence-electron chi connectivity index (χ4n) is 3.76. The number of carboxylic acids is 1. The van der Waals surface area contributed by atoms with Gasteiger partial charge in [-0.2, -0.15) is 5.26 Å². The fraction of sp³-hybridized carbons (Fsp3) is 0.318. The maximum absolute atomic E-state index is 12.3. The lowest BCUT2D eigenvalue weighted by Gasteiger charge is -2.22. The summed E-state index contributed by atoms with van der Waals surface area (Å²) < 4.78 is 5.40. The van der Waals surface area contributed by atoms with Crippen LogP contribution in [0.5, 0.6) is 0 Å². The van der Waals surface area contributed by atoms with Gasteiger partial charge in [0, 0.05) is 18.3 Å². The van der Waals surface area contributed by atoms with Crippen molar-refractivity contribution < 1.29 is 19.4 Å². The van der Waals surface area contributed by atoms with Crippen molar-refractivity contribution in [1.82, 2.24) is 5.32 Å². The molecule has 0 bridgehead atoms. The molecule has 0 fully saturated rings. The van der Waals surface area contributed by atoms with E-state index >= 15 is 0 Å². The van der Waals surface area contributed by atoms with Crippen LogP contribution in [0.2, 0.25) is 0 Å². The van der Waals surface area contributed by atoms with Crippen LogP contribution >= 0.6 is 0 Å². The number of nitrogens with zero attached hydrogens (tertiary/aromatic N) is 1. The van der Waals surface area contributed by atoms with Gasteiger partial charge in [0.05, 0.1) is 6.07 Å². The predicted molar refractivity (Wildman–Crippen MR) is 104 cm³/mol. The number of rotatable bonds is 7. The fourth-order valence-corrected chi connectivity index (χ4v) is 3.76. The summed E-state index contributed by atoms with van der Waals surface area (Å²) >= 11 is 0. The first-order valence-corrected chi connectivity index (χ1v) is 9.28. The van der Waals surface area contributed by atoms with Crippen molar-refractivity contribution in [2.75, 3.05) is 6.61 Å². The van der Waals surface area contributed by atoms with Crippen LogP contribution in [0.4, 0.5) is 4.79 Å². The van der Waals surface area contributed by atoms with Crippen molar-refractivity contribution >= 4 is 12.1 Å². The van der Waals surface area contributed by atoms with Gasteiger partial charge in [0.2, 0.25) is 0 Å². The number of ether oxygens (including phenoxy) is 1. The van der Waals surface area contributed by atoms with E-state index in [-0.39, 0.29) is 18.9 Å². The Bertz CT molecular complexity index is 873. The maximum atomic E-state index is 12.3. The minimum atomic E-state index is -1.17. The van der Waals surface area contributed by atoms with Crippen molar-refractivity contribution in [3.63, 3.8) is 0 Å². The lowest BCUT2D eigenvalue weighted by molar-refractivity contribution is -0.140. The Kier molecular flexibility index (Phi) is 5.95. The Balaban J connectivity index is 1.71. The van der Waals surface area contributed by atoms with E-state index in [1.165, 1.54) is 0 Å². The second-order valence-corrected chi connectivity index (χ2v) is 6.82. The Morgan fingerprint density at radius 2 is 1.71 bits per heavy atom. The van der Waals surface area contributed by atoms with Gasteiger partial charge in [-0.3, -0.25) is 0 Å². The summed E-state index contributed by atoms with van der Waals surface area (Å²) in [6, 6.07) is 16.8. The van der Waals surface area contributed by atoms with Crippen LogP contribution in [0.15, 0.2) is 48.5 Å². The zero-order valence-electron chi connectivity index (χ0n) is 15.6. The summed E-state index contributed by atoms with van der Waals surface area (Å²) in [5.74, 6) is -1.74. The van der Waals surface area contributed by atoms with Crippen LogP contribution < -0.4 is 5.32 Å². The summed E-state index contributed by atoms with van der Waals surface area (Å²) in [5.41, 5.74) is 4.41. The first-order valence-electron chi connectivity index (χ1n) is 9.28. The van der Waals surface area contributed by atoms with Crippen molar-refractivity contribution in [2.24, 2.45) is 5.92 Å². The van der Waals surface area contributed by atoms with Gasteiger partial charge < -0.3 is 15.2 Å². The van der Waals surface area contributed by atoms with Crippen LogP contribution in [0.25, 0.3) is 11.1 Å². The molecule has 0 saturated heterocycles. The monoisotopic (exact) mass is 378 g/mol. The molecule has 0 saturated carbocycles. The van der Waals surface area contributed by atoms with E-state index in [4.69, 9.17) is 10.00 Å². The van der Waals surface area contributed by atoms with E-state index in [2.05, 4.69) is 5.32 Å². The number of carbonyl (C=O) groups is 2. The molecule has 3 rings (SSSR count). The number of amides is 1. The second kappa shape index (κ2) is 8.57. The summed E-state index contributed by atoms with van der Waals surface area (Å²) in [7, 11) is 0. The summed E-state index contributed by atoms with van der Waals surface area (Å²) in [4.78, 5) is 23.8. The molecule has 6 heteroatoms. The molecule has 1 aliphatic rings. The number of alkyl carbamates (subject to hydrolysis) is 1. The number of hydrogen-bond acceptors (Lipinski definition) is 4. The van der Waals surface area contributed by atoms with E-state index < -0.39 is 24.0 Å². The summed E-state index contributed by atoms with van der Waals surface area (Å²) in [5, 5.41) is 20.7. The SMILES string of the molecule is CCC(CC#N)C(NC(=O)OCC1c2ccccc2-c2ccccc21)C(=O)O. The standard InChI is InChI=1S/C22H22N2O4/c1-2-14(11-12-23)20(21(25)26)24-22(27)28-13-19-17-9-5-3-7-15(17)16-8-4-6-10-18(16)19/h3-10,14,19-20H,2,11,13H2,1H3,(H,24,27)(H,25,26). The number of benzene rings is 2. The highest BCUT2D eigenvalue weighted by atomic mass is 16.5. The number of hydrogen-bond donors (Lipinski definition) is 2. The molecule has 0 heterocycles. The molecule has 2 atom stereocenters. The van der Waals surface area contributed by atoms with E-state index in [0.717, 1.165) is 22.3 Å². The average Bonchev–Trinajstić information content (AvgIpc) is 3.02. The van der Waals surface area contributed by atoms with E-state index in [1.54, 1.807) is 6.92 Å². The van der Waals surface area contributed by atoms with Gasteiger partial charge in [-0.1, -0.05) is 55.5 Å². The quantitative estimate of drug-likeness (QED) is 0.761. The van der Waals surface area contributed by atoms with Gasteiger partial charge in [-0.15, -0.1) is 0 Å². The molecular weight excluding hydrogens is 356 g/mol. The summed E-state index contributed by atoms with van der Waals surface area (Å²) in [6.45, 7) is 1.90. The van der Waals surface area contributed by atoms with E-state index in [9.17, 15) is 14.7 Å². The van der Waals surface area contributed by atoms with Crippen LogP contribution in [0, 0.1) is 17.2 Å². The zero-order chi connectivity index (χ0) is 20.1. The smallest absolute Gasteiger partial charge is 0.407 e. The van der Waals surface area contributed by atoms with Gasteiger partial charge >= 0.3 is 12.1 Å². The third-order valence-corrected chi connectivity index (χ3v) is 5.23. The summed E-state index contributed by atoms with van der Waals surface area (Å²) in [6.07, 6.45) is -0.267. The first-order chi connectivity index (χ1) is 13.6. The van der Waals surface area contributed by atoms with Crippen molar-refractivity contribution in [2.45, 2.75) is 31.7 Å². The maximum Gasteiger partial charge on any atom is 0.407 e. The third-order valence-electron chi connectivity index (χ3n) is 5.23. The molecule has 28 heavy (non-hydrogen) atoms. The van der Waals surface area contributed by atoms with Crippen LogP contribution in [-0.2, 0) is 9.53 Å². The van der Waals surface area contributed by atoms with Crippen LogP contribution in [0.3, 0.4) is 0 Å². The molecule has 2 aromatic carbocycles. The molecule has 0 aromatic heterocycles. The molecule has 2 aromatic rings. The molecule has 6 nitrogen and oxygen atoms in total. The van der Waals surface area contributed by atoms with Gasteiger partial charge in [-0.05, 0) is 28.7 Å². The molecule has 0 spiro atoms. The predicted octanol–water partition coefficient (Wildman–Crippen LogP) is 3.92. The van der Waals surface area contributed by atoms with Gasteiger partial charge in [0.15, 0.2) is 0 Å². The number of carboxylic acid groups (broad SMARTS) is 1. The Hall–Kier alpha value is -3.33. The molecule has 1 aliphatic carbocycles. The van der Waals surface area contributed by atoms with Gasteiger partial charge in [0.25, 0.3) is 0 Å². The normalized spacial score (nSPS) is 14.3. The zero-order valence-corrected chi connectivity index (χ0v) is 15.6. The van der Waals surface area contributed by atoms with Crippen LogP contribution in [-0.4, -0.2) is 29.8 Å². The highest BCUT2D eigenvalue weighted by Crippen LogP contribution is 2.44. The molecule has 2 unspecified atom stereocenters. The van der Waals surface area contributed by atoms with Crippen molar-refractivity contribution in [1.29, 1.82) is 5.26 Å². The largest absolute Gasteiger partial charge is 0.480 e. The van der Waals surface area contributed by atoms with Crippen LogP contribution in [0.1, 0.15) is 36.8 Å². The molecule has 0 radical (unpaired) electrons. The van der Waals surface area contributed by atoms with Gasteiger partial charge in [-0.25, -0.2) is 9.59 Å². The first kappa shape index (κ1) is 19.4. The molecule has 144 valence electrons. The molecule has 0 aliphatic heterocycles. The van der Waals surface area contributed by atoms with E-state index in [1.807, 2.05) is 54.6 Å². The number of fused-ring (bicyclic) bond motifs is 3. The minimum absolute atomic E-state index is 0.0527. The van der Waals surface area contributed by atoms with Crippen molar-refractivity contribution in [3.8, 4) is 17.2 Å². The van der Waals surface area contributed by atoms with E-state index in [0.29, 0.717) is 6.42 Å². The molecule has 1 amide bonds. The molecule has 2 N–H and O–H groups in total. The number of carbonyl (C=O) groups excluding carboxylic acids is 1. The number of nitriles is 1. The van der Waals surface area contributed by atoms with Gasteiger partial charge in [0.1, 0.15) is 12.6 Å². The lowest BCUT2D eigenvalue weighted by Crippen LogP contribution is -2.46. The second-order valence-electron chi connectivity index (χ2n) is 6.82. The highest BCUT2D eigenvalue weighted by molar-refractivity contribution is 5.81. The Morgan fingerprint density at radius 1 is 1.14 bits per heavy atom. The molecular formula is C22H22N2O4.